The summed E-state index contributed by atoms with van der Waals surface area (Å²) >= 11 is 1.72. The highest BCUT2D eigenvalue weighted by atomic mass is 32.2. The SMILES string of the molecule is CN(Cc1cc2nc(-c3cccc4[nH]ncc34)nc(N3CCOCC3)c2s1)CC1CCCN1S(C)(=O)=O. The summed E-state index contributed by atoms with van der Waals surface area (Å²) < 4.78 is 32.7. The van der Waals surface area contributed by atoms with Gasteiger partial charge >= 0.3 is 0 Å². The lowest BCUT2D eigenvalue weighted by Gasteiger charge is -2.28. The number of morpholine rings is 1. The molecule has 0 amide bonds. The number of aromatic nitrogens is 4. The van der Waals surface area contributed by atoms with Gasteiger partial charge in [0.1, 0.15) is 0 Å². The first kappa shape index (κ1) is 24.7. The molecule has 4 aromatic rings. The summed E-state index contributed by atoms with van der Waals surface area (Å²) in [5, 5.41) is 8.24. The Morgan fingerprint density at radius 2 is 2.05 bits per heavy atom. The number of aromatic amines is 1. The number of sulfonamides is 1. The second-order valence-electron chi connectivity index (χ2n) is 9.90. The van der Waals surface area contributed by atoms with E-state index < -0.39 is 10.0 Å². The molecule has 12 heteroatoms. The van der Waals surface area contributed by atoms with Crippen LogP contribution >= 0.6 is 11.3 Å². The van der Waals surface area contributed by atoms with Crippen molar-refractivity contribution in [1.29, 1.82) is 0 Å². The maximum atomic E-state index is 12.2. The predicted octanol–water partition coefficient (Wildman–Crippen LogP) is 2.93. The second kappa shape index (κ2) is 9.91. The van der Waals surface area contributed by atoms with Gasteiger partial charge in [-0.15, -0.1) is 11.3 Å². The number of fused-ring (bicyclic) bond motifs is 2. The number of nitrogens with one attached hydrogen (secondary N) is 1. The van der Waals surface area contributed by atoms with Crippen LogP contribution in [0, 0.1) is 0 Å². The molecule has 0 aliphatic carbocycles. The van der Waals surface area contributed by atoms with Crippen LogP contribution in [0.15, 0.2) is 30.5 Å². The molecular formula is C25H31N7O3S2. The Bertz CT molecular complexity index is 1530. The Hall–Kier alpha value is -2.64. The number of benzene rings is 1. The third kappa shape index (κ3) is 4.96. The largest absolute Gasteiger partial charge is 0.378 e. The first-order valence-corrected chi connectivity index (χ1v) is 15.2. The van der Waals surface area contributed by atoms with Crippen molar-refractivity contribution in [3.8, 4) is 11.4 Å². The molecule has 37 heavy (non-hydrogen) atoms. The summed E-state index contributed by atoms with van der Waals surface area (Å²) in [5.41, 5.74) is 2.84. The Kier molecular flexibility index (Phi) is 6.61. The number of hydrogen-bond acceptors (Lipinski definition) is 9. The van der Waals surface area contributed by atoms with Crippen molar-refractivity contribution in [3.63, 3.8) is 0 Å². The molecule has 0 spiro atoms. The molecule has 2 saturated heterocycles. The standard InChI is InChI=1S/C25H31N7O3S2/c1-30(15-17-5-4-8-32(17)37(2,33)34)16-18-13-22-23(36-18)25(31-9-11-35-12-10-31)28-24(27-22)19-6-3-7-21-20(19)14-26-29-21/h3,6-7,13-14,17H,4-5,8-12,15-16H2,1-2H3,(H,26,29). The fourth-order valence-corrected chi connectivity index (χ4v) is 7.80. The van der Waals surface area contributed by atoms with Crippen molar-refractivity contribution in [2.24, 2.45) is 0 Å². The minimum Gasteiger partial charge on any atom is -0.378 e. The first-order chi connectivity index (χ1) is 17.9. The number of rotatable bonds is 7. The highest BCUT2D eigenvalue weighted by molar-refractivity contribution is 7.88. The molecule has 1 N–H and O–H groups in total. The van der Waals surface area contributed by atoms with E-state index >= 15 is 0 Å². The lowest BCUT2D eigenvalue weighted by atomic mass is 10.1. The molecule has 1 unspecified atom stereocenters. The predicted molar refractivity (Wildman–Crippen MR) is 146 cm³/mol. The molecule has 2 fully saturated rings. The minimum atomic E-state index is -3.18. The summed E-state index contributed by atoms with van der Waals surface area (Å²) in [7, 11) is -1.12. The van der Waals surface area contributed by atoms with Crippen LogP contribution < -0.4 is 4.90 Å². The molecule has 0 bridgehead atoms. The zero-order valence-electron chi connectivity index (χ0n) is 21.1. The lowest BCUT2D eigenvalue weighted by molar-refractivity contribution is 0.122. The average molecular weight is 542 g/mol. The van der Waals surface area contributed by atoms with Crippen LogP contribution in [0.1, 0.15) is 17.7 Å². The summed E-state index contributed by atoms with van der Waals surface area (Å²) in [5.74, 6) is 1.63. The van der Waals surface area contributed by atoms with Crippen molar-refractivity contribution in [1.82, 2.24) is 29.4 Å². The summed E-state index contributed by atoms with van der Waals surface area (Å²) in [6, 6.07) is 8.22. The average Bonchev–Trinajstić information content (AvgIpc) is 3.62. The van der Waals surface area contributed by atoms with Crippen LogP contribution in [0.2, 0.25) is 0 Å². The zero-order valence-corrected chi connectivity index (χ0v) is 22.7. The van der Waals surface area contributed by atoms with E-state index in [9.17, 15) is 8.42 Å². The zero-order chi connectivity index (χ0) is 25.6. The maximum absolute atomic E-state index is 12.2. The Morgan fingerprint density at radius 3 is 2.86 bits per heavy atom. The molecule has 10 nitrogen and oxygen atoms in total. The number of likely N-dealkylation sites (N-methyl/N-ethyl adjacent to an activating group) is 1. The summed E-state index contributed by atoms with van der Waals surface area (Å²) in [6.07, 6.45) is 4.95. The molecule has 2 aliphatic heterocycles. The quantitative estimate of drug-likeness (QED) is 0.381. The van der Waals surface area contributed by atoms with Crippen molar-refractivity contribution in [3.05, 3.63) is 35.3 Å². The van der Waals surface area contributed by atoms with Crippen LogP contribution in [0.3, 0.4) is 0 Å². The van der Waals surface area contributed by atoms with E-state index in [2.05, 4.69) is 33.1 Å². The van der Waals surface area contributed by atoms with E-state index in [1.807, 2.05) is 24.4 Å². The molecule has 0 radical (unpaired) electrons. The number of nitrogens with zero attached hydrogens (tertiary/aromatic N) is 6. The second-order valence-corrected chi connectivity index (χ2v) is 13.0. The van der Waals surface area contributed by atoms with Gasteiger partial charge in [-0.25, -0.2) is 18.4 Å². The fraction of sp³-hybridized carbons (Fsp3) is 0.480. The van der Waals surface area contributed by atoms with Gasteiger partial charge in [0.2, 0.25) is 10.0 Å². The number of ether oxygens (including phenoxy) is 1. The molecule has 1 atom stereocenters. The summed E-state index contributed by atoms with van der Waals surface area (Å²) in [4.78, 5) is 15.8. The number of H-pyrrole nitrogens is 1. The van der Waals surface area contributed by atoms with Gasteiger partial charge in [0, 0.05) is 54.6 Å². The van der Waals surface area contributed by atoms with Gasteiger partial charge in [0.15, 0.2) is 11.6 Å². The number of hydrogen-bond donors (Lipinski definition) is 1. The third-order valence-electron chi connectivity index (χ3n) is 7.14. The van der Waals surface area contributed by atoms with Crippen LogP contribution in [0.5, 0.6) is 0 Å². The van der Waals surface area contributed by atoms with Gasteiger partial charge in [-0.05, 0) is 32.0 Å². The van der Waals surface area contributed by atoms with Crippen LogP contribution in [-0.4, -0.2) is 96.5 Å². The lowest BCUT2D eigenvalue weighted by Crippen LogP contribution is -2.41. The minimum absolute atomic E-state index is 0.0279. The molecule has 2 aliphatic rings. The van der Waals surface area contributed by atoms with Gasteiger partial charge < -0.3 is 9.64 Å². The van der Waals surface area contributed by atoms with E-state index in [-0.39, 0.29) is 6.04 Å². The van der Waals surface area contributed by atoms with Gasteiger partial charge in [0.05, 0.1) is 41.4 Å². The molecule has 0 saturated carbocycles. The van der Waals surface area contributed by atoms with Crippen LogP contribution in [0.4, 0.5) is 5.82 Å². The van der Waals surface area contributed by atoms with E-state index in [4.69, 9.17) is 14.7 Å². The maximum Gasteiger partial charge on any atom is 0.211 e. The van der Waals surface area contributed by atoms with E-state index in [0.29, 0.717) is 32.1 Å². The molecular weight excluding hydrogens is 510 g/mol. The highest BCUT2D eigenvalue weighted by Crippen LogP contribution is 2.36. The molecule has 1 aromatic carbocycles. The topological polar surface area (TPSA) is 108 Å². The smallest absolute Gasteiger partial charge is 0.211 e. The van der Waals surface area contributed by atoms with Gasteiger partial charge in [-0.2, -0.15) is 9.40 Å². The van der Waals surface area contributed by atoms with E-state index in [0.717, 1.165) is 65.0 Å². The Morgan fingerprint density at radius 1 is 1.22 bits per heavy atom. The molecule has 3 aromatic heterocycles. The van der Waals surface area contributed by atoms with Crippen molar-refractivity contribution in [2.45, 2.75) is 25.4 Å². The van der Waals surface area contributed by atoms with Crippen molar-refractivity contribution >= 4 is 48.3 Å². The van der Waals surface area contributed by atoms with Gasteiger partial charge in [-0.3, -0.25) is 10.00 Å². The van der Waals surface area contributed by atoms with Gasteiger partial charge in [-0.1, -0.05) is 12.1 Å². The van der Waals surface area contributed by atoms with Crippen molar-refractivity contribution < 1.29 is 13.2 Å². The molecule has 6 rings (SSSR count). The Balaban J connectivity index is 1.33. The normalized spacial score (nSPS) is 19.5. The van der Waals surface area contributed by atoms with Gasteiger partial charge in [0.25, 0.3) is 0 Å². The van der Waals surface area contributed by atoms with Crippen LogP contribution in [-0.2, 0) is 21.3 Å². The van der Waals surface area contributed by atoms with E-state index in [1.165, 1.54) is 11.1 Å². The summed E-state index contributed by atoms with van der Waals surface area (Å²) in [6.45, 7) is 4.98. The Labute approximate surface area is 220 Å². The van der Waals surface area contributed by atoms with Crippen LogP contribution in [0.25, 0.3) is 32.5 Å². The first-order valence-electron chi connectivity index (χ1n) is 12.6. The van der Waals surface area contributed by atoms with E-state index in [1.54, 1.807) is 15.6 Å². The van der Waals surface area contributed by atoms with Crippen molar-refractivity contribution in [2.75, 3.05) is 57.6 Å². The highest BCUT2D eigenvalue weighted by Gasteiger charge is 2.32. The fourth-order valence-electron chi connectivity index (χ4n) is 5.43. The monoisotopic (exact) mass is 541 g/mol. The third-order valence-corrected chi connectivity index (χ3v) is 9.58. The molecule has 5 heterocycles. The molecule has 196 valence electrons. The number of anilines is 1. The number of thiophene rings is 1.